The summed E-state index contributed by atoms with van der Waals surface area (Å²) in [6.07, 6.45) is 1.32. The van der Waals surface area contributed by atoms with Gasteiger partial charge in [-0.15, -0.1) is 0 Å². The van der Waals surface area contributed by atoms with Gasteiger partial charge in [-0.1, -0.05) is 105 Å². The highest BCUT2D eigenvalue weighted by Crippen LogP contribution is 2.57. The Bertz CT molecular complexity index is 773. The number of rotatable bonds is 4. The molecule has 1 heteroatoms. The summed E-state index contributed by atoms with van der Waals surface area (Å²) in [5, 5.41) is 3.03. The van der Waals surface area contributed by atoms with Crippen LogP contribution >= 0.6 is 7.92 Å². The maximum Gasteiger partial charge on any atom is -0.00547 e. The molecule has 0 nitrogen and oxygen atoms in total. The van der Waals surface area contributed by atoms with E-state index in [-0.39, 0.29) is 7.92 Å². The van der Waals surface area contributed by atoms with E-state index in [9.17, 15) is 0 Å². The highest BCUT2D eigenvalue weighted by atomic mass is 31.1. The monoisotopic (exact) mass is 358 g/mol. The minimum Gasteiger partial charge on any atom is -0.0622 e. The predicted octanol–water partition coefficient (Wildman–Crippen LogP) is 5.95. The molecule has 0 radical (unpaired) electrons. The molecule has 1 saturated carbocycles. The van der Waals surface area contributed by atoms with Gasteiger partial charge in [0.05, 0.1) is 0 Å². The van der Waals surface area contributed by atoms with Crippen molar-refractivity contribution in [3.8, 4) is 0 Å². The fourth-order valence-electron chi connectivity index (χ4n) is 4.62. The highest BCUT2D eigenvalue weighted by Gasteiger charge is 2.43. The largest absolute Gasteiger partial charge is 0.0622 e. The molecule has 0 aromatic heterocycles. The van der Waals surface area contributed by atoms with E-state index in [2.05, 4.69) is 105 Å². The van der Waals surface area contributed by atoms with Gasteiger partial charge < -0.3 is 0 Å². The minimum atomic E-state index is -0.368. The van der Waals surface area contributed by atoms with Crippen LogP contribution in [0.25, 0.3) is 0 Å². The maximum atomic E-state index is 2.46. The van der Waals surface area contributed by atoms with Gasteiger partial charge in [-0.25, -0.2) is 0 Å². The van der Waals surface area contributed by atoms with Gasteiger partial charge in [-0.3, -0.25) is 0 Å². The van der Waals surface area contributed by atoms with Crippen LogP contribution in [0.1, 0.15) is 31.7 Å². The van der Waals surface area contributed by atoms with E-state index in [1.54, 1.807) is 0 Å². The molecular weight excluding hydrogens is 331 g/mol. The van der Waals surface area contributed by atoms with Crippen molar-refractivity contribution in [2.75, 3.05) is 0 Å². The SMILES string of the molecule is CC1CC(P(c2ccccc2)c2ccccc2)[C@@H](c2ccccc2)C1C. The Balaban J connectivity index is 1.81. The van der Waals surface area contributed by atoms with Gasteiger partial charge >= 0.3 is 0 Å². The summed E-state index contributed by atoms with van der Waals surface area (Å²) in [5.74, 6) is 2.13. The third kappa shape index (κ3) is 3.36. The number of hydrogen-bond donors (Lipinski definition) is 0. The maximum absolute atomic E-state index is 2.46. The van der Waals surface area contributed by atoms with Gasteiger partial charge in [-0.05, 0) is 53.9 Å². The molecule has 132 valence electrons. The lowest BCUT2D eigenvalue weighted by atomic mass is 9.87. The summed E-state index contributed by atoms with van der Waals surface area (Å²) in [6, 6.07) is 33.7. The first kappa shape index (κ1) is 17.5. The van der Waals surface area contributed by atoms with E-state index < -0.39 is 0 Å². The Hall–Kier alpha value is -1.91. The molecule has 1 aliphatic carbocycles. The van der Waals surface area contributed by atoms with Crippen LogP contribution in [0.5, 0.6) is 0 Å². The Morgan fingerprint density at radius 2 is 1.12 bits per heavy atom. The van der Waals surface area contributed by atoms with E-state index in [4.69, 9.17) is 0 Å². The molecule has 0 amide bonds. The lowest BCUT2D eigenvalue weighted by Gasteiger charge is -2.32. The number of hydrogen-bond acceptors (Lipinski definition) is 0. The third-order valence-corrected chi connectivity index (χ3v) is 8.98. The van der Waals surface area contributed by atoms with Crippen molar-refractivity contribution in [1.82, 2.24) is 0 Å². The summed E-state index contributed by atoms with van der Waals surface area (Å²) in [4.78, 5) is 0. The molecule has 1 aliphatic rings. The molecule has 0 aliphatic heterocycles. The molecular formula is C25H27P. The summed E-state index contributed by atoms with van der Waals surface area (Å²) in [7, 11) is -0.368. The van der Waals surface area contributed by atoms with Crippen LogP contribution in [0.2, 0.25) is 0 Å². The molecule has 0 spiro atoms. The van der Waals surface area contributed by atoms with E-state index in [0.29, 0.717) is 11.6 Å². The van der Waals surface area contributed by atoms with Gasteiger partial charge in [0.25, 0.3) is 0 Å². The average molecular weight is 358 g/mol. The molecule has 0 heterocycles. The Labute approximate surface area is 159 Å². The van der Waals surface area contributed by atoms with Gasteiger partial charge in [-0.2, -0.15) is 0 Å². The molecule has 0 N–H and O–H groups in total. The van der Waals surface area contributed by atoms with E-state index in [1.165, 1.54) is 22.6 Å². The fraction of sp³-hybridized carbons (Fsp3) is 0.280. The van der Waals surface area contributed by atoms with Crippen molar-refractivity contribution in [2.24, 2.45) is 11.8 Å². The molecule has 0 bridgehead atoms. The van der Waals surface area contributed by atoms with Gasteiger partial charge in [0.2, 0.25) is 0 Å². The van der Waals surface area contributed by atoms with Crippen LogP contribution in [0.3, 0.4) is 0 Å². The molecule has 3 aromatic rings. The molecule has 4 rings (SSSR count). The fourth-order valence-corrected chi connectivity index (χ4v) is 7.98. The molecule has 26 heavy (non-hydrogen) atoms. The zero-order valence-corrected chi connectivity index (χ0v) is 16.5. The first-order valence-corrected chi connectivity index (χ1v) is 11.1. The lowest BCUT2D eigenvalue weighted by molar-refractivity contribution is 0.423. The molecule has 1 fully saturated rings. The van der Waals surface area contributed by atoms with Crippen LogP contribution in [0.4, 0.5) is 0 Å². The van der Waals surface area contributed by atoms with Gasteiger partial charge in [0.1, 0.15) is 0 Å². The standard InChI is InChI=1S/C25H27P/c1-19-18-24(25(20(19)2)21-12-6-3-7-13-21)26(22-14-8-4-9-15-22)23-16-10-5-11-17-23/h3-17,19-20,24-25H,18H2,1-2H3/t19?,20?,24?,25-/m1/s1. The van der Waals surface area contributed by atoms with Crippen molar-refractivity contribution >= 4 is 18.5 Å². The van der Waals surface area contributed by atoms with Crippen LogP contribution in [0, 0.1) is 11.8 Å². The van der Waals surface area contributed by atoms with Crippen molar-refractivity contribution < 1.29 is 0 Å². The highest BCUT2D eigenvalue weighted by molar-refractivity contribution is 7.73. The van der Waals surface area contributed by atoms with Crippen molar-refractivity contribution in [2.45, 2.75) is 31.8 Å². The second kappa shape index (κ2) is 7.77. The normalized spacial score (nSPS) is 25.5. The van der Waals surface area contributed by atoms with Gasteiger partial charge in [0.15, 0.2) is 0 Å². The van der Waals surface area contributed by atoms with E-state index in [0.717, 1.165) is 11.8 Å². The topological polar surface area (TPSA) is 0 Å². The first-order valence-electron chi connectivity index (χ1n) is 9.70. The van der Waals surface area contributed by atoms with E-state index in [1.807, 2.05) is 0 Å². The van der Waals surface area contributed by atoms with Crippen LogP contribution in [0.15, 0.2) is 91.0 Å². The zero-order valence-electron chi connectivity index (χ0n) is 15.6. The Morgan fingerprint density at radius 1 is 0.654 bits per heavy atom. The molecule has 4 atom stereocenters. The number of benzene rings is 3. The second-order valence-electron chi connectivity index (χ2n) is 7.62. The van der Waals surface area contributed by atoms with Gasteiger partial charge in [0, 0.05) is 0 Å². The average Bonchev–Trinajstić information content (AvgIpc) is 2.99. The second-order valence-corrected chi connectivity index (χ2v) is 10.1. The molecule has 3 aromatic carbocycles. The summed E-state index contributed by atoms with van der Waals surface area (Å²) in [5.41, 5.74) is 2.22. The van der Waals surface area contributed by atoms with Crippen LogP contribution < -0.4 is 10.6 Å². The molecule has 0 saturated heterocycles. The summed E-state index contributed by atoms with van der Waals surface area (Å²) < 4.78 is 0. The van der Waals surface area contributed by atoms with Crippen LogP contribution in [-0.4, -0.2) is 5.66 Å². The minimum absolute atomic E-state index is 0.368. The van der Waals surface area contributed by atoms with Crippen molar-refractivity contribution in [3.63, 3.8) is 0 Å². The summed E-state index contributed by atoms with van der Waals surface area (Å²) in [6.45, 7) is 4.91. The summed E-state index contributed by atoms with van der Waals surface area (Å²) >= 11 is 0. The lowest BCUT2D eigenvalue weighted by Crippen LogP contribution is -2.25. The van der Waals surface area contributed by atoms with Crippen molar-refractivity contribution in [3.05, 3.63) is 96.6 Å². The third-order valence-electron chi connectivity index (χ3n) is 6.08. The Kier molecular flexibility index (Phi) is 5.23. The Morgan fingerprint density at radius 3 is 1.62 bits per heavy atom. The zero-order chi connectivity index (χ0) is 17.9. The predicted molar refractivity (Wildman–Crippen MR) is 115 cm³/mol. The smallest absolute Gasteiger partial charge is 0.00547 e. The van der Waals surface area contributed by atoms with Crippen LogP contribution in [-0.2, 0) is 0 Å². The first-order chi connectivity index (χ1) is 12.8. The molecule has 3 unspecified atom stereocenters. The van der Waals surface area contributed by atoms with E-state index >= 15 is 0 Å². The quantitative estimate of drug-likeness (QED) is 0.506. The van der Waals surface area contributed by atoms with Crippen molar-refractivity contribution in [1.29, 1.82) is 0 Å².